The number of amides is 1. The van der Waals surface area contributed by atoms with Crippen molar-refractivity contribution in [2.75, 3.05) is 13.7 Å². The van der Waals surface area contributed by atoms with Crippen molar-refractivity contribution >= 4 is 11.9 Å². The molecule has 2 aromatic rings. The van der Waals surface area contributed by atoms with Gasteiger partial charge >= 0.3 is 5.97 Å². The van der Waals surface area contributed by atoms with Crippen molar-refractivity contribution < 1.29 is 19.1 Å². The first-order chi connectivity index (χ1) is 11.1. The smallest absolute Gasteiger partial charge is 0.354 e. The van der Waals surface area contributed by atoms with E-state index >= 15 is 0 Å². The second-order valence-electron chi connectivity index (χ2n) is 5.20. The number of ether oxygens (including phenoxy) is 2. The summed E-state index contributed by atoms with van der Waals surface area (Å²) in [5, 5.41) is 2.95. The van der Waals surface area contributed by atoms with Gasteiger partial charge in [0, 0.05) is 19.7 Å². The predicted molar refractivity (Wildman–Crippen MR) is 81.3 cm³/mol. The number of esters is 1. The van der Waals surface area contributed by atoms with E-state index < -0.39 is 5.97 Å². The highest BCUT2D eigenvalue weighted by molar-refractivity contribution is 5.96. The van der Waals surface area contributed by atoms with Crippen LogP contribution in [0, 0.1) is 0 Å². The molecule has 1 aliphatic rings. The van der Waals surface area contributed by atoms with Crippen molar-refractivity contribution in [3.63, 3.8) is 0 Å². The van der Waals surface area contributed by atoms with E-state index in [0.29, 0.717) is 30.2 Å². The standard InChI is InChI=1S/C16H17N3O4/c1-19-11(5-6-12(19)16(21)22-2)15(20)18-10-7-9-23-13-4-3-8-17-14(10)13/h3-6,8,10H,7,9H2,1-2H3,(H,18,20). The monoisotopic (exact) mass is 315 g/mol. The molecule has 2 aromatic heterocycles. The molecular weight excluding hydrogens is 298 g/mol. The highest BCUT2D eigenvalue weighted by Gasteiger charge is 2.26. The van der Waals surface area contributed by atoms with E-state index in [0.717, 1.165) is 5.69 Å². The van der Waals surface area contributed by atoms with Gasteiger partial charge in [0.15, 0.2) is 0 Å². The summed E-state index contributed by atoms with van der Waals surface area (Å²) in [6, 6.07) is 6.57. The van der Waals surface area contributed by atoms with Gasteiger partial charge in [0.05, 0.1) is 19.8 Å². The van der Waals surface area contributed by atoms with E-state index in [9.17, 15) is 9.59 Å². The van der Waals surface area contributed by atoms with Gasteiger partial charge < -0.3 is 19.4 Å². The van der Waals surface area contributed by atoms with E-state index in [1.165, 1.54) is 11.7 Å². The van der Waals surface area contributed by atoms with Gasteiger partial charge in [-0.05, 0) is 24.3 Å². The van der Waals surface area contributed by atoms with Crippen LogP contribution in [-0.4, -0.2) is 35.1 Å². The zero-order valence-corrected chi connectivity index (χ0v) is 12.9. The summed E-state index contributed by atoms with van der Waals surface area (Å²) in [5.41, 5.74) is 1.42. The number of carbonyl (C=O) groups is 2. The van der Waals surface area contributed by atoms with Crippen molar-refractivity contribution in [3.8, 4) is 5.75 Å². The molecule has 0 aromatic carbocycles. The van der Waals surface area contributed by atoms with Crippen molar-refractivity contribution in [3.05, 3.63) is 47.5 Å². The molecule has 0 fully saturated rings. The molecule has 3 rings (SSSR count). The summed E-state index contributed by atoms with van der Waals surface area (Å²) >= 11 is 0. The number of pyridine rings is 1. The Morgan fingerprint density at radius 2 is 2.13 bits per heavy atom. The number of fused-ring (bicyclic) bond motifs is 1. The Balaban J connectivity index is 1.81. The van der Waals surface area contributed by atoms with Gasteiger partial charge in [-0.15, -0.1) is 0 Å². The summed E-state index contributed by atoms with van der Waals surface area (Å²) in [6.45, 7) is 0.518. The Morgan fingerprint density at radius 3 is 2.91 bits per heavy atom. The SMILES string of the molecule is COC(=O)c1ccc(C(=O)NC2CCOc3cccnc32)n1C. The van der Waals surface area contributed by atoms with Gasteiger partial charge in [-0.25, -0.2) is 4.79 Å². The average Bonchev–Trinajstić information content (AvgIpc) is 2.96. The van der Waals surface area contributed by atoms with Gasteiger partial charge in [0.25, 0.3) is 5.91 Å². The van der Waals surface area contributed by atoms with Crippen molar-refractivity contribution in [2.45, 2.75) is 12.5 Å². The maximum absolute atomic E-state index is 12.5. The third kappa shape index (κ3) is 2.77. The molecule has 1 amide bonds. The maximum atomic E-state index is 12.5. The number of rotatable bonds is 3. The number of carbonyl (C=O) groups excluding carboxylic acids is 2. The first-order valence-corrected chi connectivity index (χ1v) is 7.24. The molecule has 0 saturated heterocycles. The van der Waals surface area contributed by atoms with Crippen LogP contribution in [0.4, 0.5) is 0 Å². The molecule has 0 saturated carbocycles. The van der Waals surface area contributed by atoms with E-state index in [4.69, 9.17) is 4.74 Å². The van der Waals surface area contributed by atoms with Gasteiger partial charge in [-0.3, -0.25) is 9.78 Å². The molecule has 0 spiro atoms. The average molecular weight is 315 g/mol. The fourth-order valence-electron chi connectivity index (χ4n) is 2.63. The fourth-order valence-corrected chi connectivity index (χ4v) is 2.63. The number of methoxy groups -OCH3 is 1. The number of nitrogens with zero attached hydrogens (tertiary/aromatic N) is 2. The Morgan fingerprint density at radius 1 is 1.35 bits per heavy atom. The Kier molecular flexibility index (Phi) is 4.01. The number of aromatic nitrogens is 2. The lowest BCUT2D eigenvalue weighted by Gasteiger charge is -2.25. The van der Waals surface area contributed by atoms with E-state index in [1.54, 1.807) is 31.4 Å². The Bertz CT molecular complexity index is 754. The first kappa shape index (κ1) is 15.1. The van der Waals surface area contributed by atoms with Crippen LogP contribution in [0.2, 0.25) is 0 Å². The van der Waals surface area contributed by atoms with Gasteiger partial charge in [0.2, 0.25) is 0 Å². The van der Waals surface area contributed by atoms with Crippen molar-refractivity contribution in [1.82, 2.24) is 14.9 Å². The van der Waals surface area contributed by atoms with Crippen molar-refractivity contribution in [1.29, 1.82) is 0 Å². The second kappa shape index (κ2) is 6.12. The lowest BCUT2D eigenvalue weighted by atomic mass is 10.1. The lowest BCUT2D eigenvalue weighted by molar-refractivity contribution is 0.0590. The molecule has 1 unspecified atom stereocenters. The van der Waals surface area contributed by atoms with Crippen LogP contribution < -0.4 is 10.1 Å². The summed E-state index contributed by atoms with van der Waals surface area (Å²) in [4.78, 5) is 28.4. The molecular formula is C16H17N3O4. The Hall–Kier alpha value is -2.83. The minimum atomic E-state index is -0.482. The lowest BCUT2D eigenvalue weighted by Crippen LogP contribution is -2.34. The third-order valence-electron chi connectivity index (χ3n) is 3.85. The normalized spacial score (nSPS) is 16.2. The second-order valence-corrected chi connectivity index (χ2v) is 5.20. The quantitative estimate of drug-likeness (QED) is 0.867. The molecule has 120 valence electrons. The zero-order valence-electron chi connectivity index (χ0n) is 12.9. The number of nitrogens with one attached hydrogen (secondary N) is 1. The van der Waals surface area contributed by atoms with Gasteiger partial charge in [-0.2, -0.15) is 0 Å². The number of hydrogen-bond acceptors (Lipinski definition) is 5. The molecule has 1 atom stereocenters. The van der Waals surface area contributed by atoms with Crippen LogP contribution in [0.15, 0.2) is 30.5 Å². The van der Waals surface area contributed by atoms with E-state index in [2.05, 4.69) is 15.0 Å². The zero-order chi connectivity index (χ0) is 16.4. The molecule has 0 radical (unpaired) electrons. The van der Waals surface area contributed by atoms with Gasteiger partial charge in [0.1, 0.15) is 22.8 Å². The summed E-state index contributed by atoms with van der Waals surface area (Å²) in [7, 11) is 2.96. The predicted octanol–water partition coefficient (Wildman–Crippen LogP) is 1.46. The summed E-state index contributed by atoms with van der Waals surface area (Å²) < 4.78 is 11.7. The van der Waals surface area contributed by atoms with E-state index in [1.807, 2.05) is 6.07 Å². The minimum absolute atomic E-state index is 0.219. The van der Waals surface area contributed by atoms with E-state index in [-0.39, 0.29) is 11.9 Å². The summed E-state index contributed by atoms with van der Waals surface area (Å²) in [6.07, 6.45) is 2.31. The highest BCUT2D eigenvalue weighted by atomic mass is 16.5. The molecule has 23 heavy (non-hydrogen) atoms. The first-order valence-electron chi connectivity index (χ1n) is 7.24. The van der Waals surface area contributed by atoms with Crippen LogP contribution >= 0.6 is 0 Å². The molecule has 7 nitrogen and oxygen atoms in total. The van der Waals surface area contributed by atoms with Crippen molar-refractivity contribution in [2.24, 2.45) is 7.05 Å². The van der Waals surface area contributed by atoms with Crippen LogP contribution in [0.25, 0.3) is 0 Å². The molecule has 0 aliphatic carbocycles. The molecule has 0 bridgehead atoms. The van der Waals surface area contributed by atoms with Gasteiger partial charge in [-0.1, -0.05) is 0 Å². The summed E-state index contributed by atoms with van der Waals surface area (Å²) in [5.74, 6) is -0.0676. The molecule has 3 heterocycles. The molecule has 1 N–H and O–H groups in total. The van der Waals surface area contributed by atoms with Crippen LogP contribution in [0.5, 0.6) is 5.75 Å². The van der Waals surface area contributed by atoms with Crippen LogP contribution in [-0.2, 0) is 11.8 Å². The number of hydrogen-bond donors (Lipinski definition) is 1. The molecule has 1 aliphatic heterocycles. The fraction of sp³-hybridized carbons (Fsp3) is 0.312. The van der Waals surface area contributed by atoms with Crippen LogP contribution in [0.1, 0.15) is 39.1 Å². The molecule has 7 heteroatoms. The highest BCUT2D eigenvalue weighted by Crippen LogP contribution is 2.29. The topological polar surface area (TPSA) is 82.5 Å². The van der Waals surface area contributed by atoms with Crippen LogP contribution in [0.3, 0.4) is 0 Å². The third-order valence-corrected chi connectivity index (χ3v) is 3.85. The Labute approximate surface area is 133 Å². The minimum Gasteiger partial charge on any atom is -0.491 e. The largest absolute Gasteiger partial charge is 0.491 e. The maximum Gasteiger partial charge on any atom is 0.354 e.